The Balaban J connectivity index is 1.92. The highest BCUT2D eigenvalue weighted by atomic mass is 79.9. The SMILES string of the molecule is Brc1ccc(CC2CCCCO2)cc1. The molecule has 0 N–H and O–H groups in total. The lowest BCUT2D eigenvalue weighted by molar-refractivity contribution is 0.0168. The Bertz CT molecular complexity index is 275. The summed E-state index contributed by atoms with van der Waals surface area (Å²) in [5.41, 5.74) is 1.38. The molecule has 1 heterocycles. The Kier molecular flexibility index (Phi) is 3.60. The molecule has 1 saturated heterocycles. The maximum atomic E-state index is 5.70. The van der Waals surface area contributed by atoms with Crippen LogP contribution < -0.4 is 0 Å². The molecule has 2 rings (SSSR count). The molecule has 0 aromatic heterocycles. The summed E-state index contributed by atoms with van der Waals surface area (Å²) in [6, 6.07) is 8.53. The minimum atomic E-state index is 0.449. The van der Waals surface area contributed by atoms with E-state index in [4.69, 9.17) is 4.74 Å². The molecule has 2 heteroatoms. The largest absolute Gasteiger partial charge is 0.378 e. The molecule has 1 aromatic rings. The summed E-state index contributed by atoms with van der Waals surface area (Å²) in [7, 11) is 0. The van der Waals surface area contributed by atoms with E-state index in [1.807, 2.05) is 0 Å². The van der Waals surface area contributed by atoms with Crippen molar-refractivity contribution in [2.75, 3.05) is 6.61 Å². The van der Waals surface area contributed by atoms with E-state index in [9.17, 15) is 0 Å². The quantitative estimate of drug-likeness (QED) is 0.785. The smallest absolute Gasteiger partial charge is 0.0615 e. The molecule has 0 bridgehead atoms. The standard InChI is InChI=1S/C12H15BrO/c13-11-6-4-10(5-7-11)9-12-3-1-2-8-14-12/h4-7,12H,1-3,8-9H2. The lowest BCUT2D eigenvalue weighted by Gasteiger charge is -2.22. The number of halogens is 1. The topological polar surface area (TPSA) is 9.23 Å². The first-order chi connectivity index (χ1) is 6.84. The van der Waals surface area contributed by atoms with Crippen LogP contribution in [0.3, 0.4) is 0 Å². The molecule has 0 aliphatic carbocycles. The van der Waals surface area contributed by atoms with Crippen LogP contribution >= 0.6 is 15.9 Å². The van der Waals surface area contributed by atoms with Gasteiger partial charge in [0.15, 0.2) is 0 Å². The average Bonchev–Trinajstić information content (AvgIpc) is 2.23. The highest BCUT2D eigenvalue weighted by Crippen LogP contribution is 2.18. The van der Waals surface area contributed by atoms with E-state index in [-0.39, 0.29) is 0 Å². The summed E-state index contributed by atoms with van der Waals surface area (Å²) in [5.74, 6) is 0. The van der Waals surface area contributed by atoms with E-state index in [1.165, 1.54) is 24.8 Å². The van der Waals surface area contributed by atoms with Gasteiger partial charge in [0.1, 0.15) is 0 Å². The predicted molar refractivity (Wildman–Crippen MR) is 61.4 cm³/mol. The van der Waals surface area contributed by atoms with Gasteiger partial charge in [-0.2, -0.15) is 0 Å². The van der Waals surface area contributed by atoms with Gasteiger partial charge in [-0.05, 0) is 43.4 Å². The van der Waals surface area contributed by atoms with Crippen molar-refractivity contribution in [2.24, 2.45) is 0 Å². The Morgan fingerprint density at radius 3 is 2.64 bits per heavy atom. The lowest BCUT2D eigenvalue weighted by atomic mass is 10.0. The van der Waals surface area contributed by atoms with Gasteiger partial charge < -0.3 is 4.74 Å². The van der Waals surface area contributed by atoms with Crippen molar-refractivity contribution in [3.8, 4) is 0 Å². The summed E-state index contributed by atoms with van der Waals surface area (Å²) in [6.07, 6.45) is 5.28. The summed E-state index contributed by atoms with van der Waals surface area (Å²) >= 11 is 3.44. The summed E-state index contributed by atoms with van der Waals surface area (Å²) in [6.45, 7) is 0.946. The van der Waals surface area contributed by atoms with Gasteiger partial charge in [0, 0.05) is 11.1 Å². The highest BCUT2D eigenvalue weighted by molar-refractivity contribution is 9.10. The second-order valence-electron chi connectivity index (χ2n) is 3.82. The molecule has 1 nitrogen and oxygen atoms in total. The van der Waals surface area contributed by atoms with Gasteiger partial charge in [0.05, 0.1) is 6.10 Å². The van der Waals surface area contributed by atoms with Crippen molar-refractivity contribution in [3.63, 3.8) is 0 Å². The molecule has 14 heavy (non-hydrogen) atoms. The molecule has 0 spiro atoms. The normalized spacial score (nSPS) is 22.2. The number of benzene rings is 1. The molecule has 1 unspecified atom stereocenters. The number of rotatable bonds is 2. The molecule has 0 saturated carbocycles. The second kappa shape index (κ2) is 4.94. The molecule has 1 aromatic carbocycles. The molecule has 76 valence electrons. The van der Waals surface area contributed by atoms with Crippen molar-refractivity contribution in [1.82, 2.24) is 0 Å². The van der Waals surface area contributed by atoms with E-state index in [0.717, 1.165) is 17.5 Å². The number of hydrogen-bond acceptors (Lipinski definition) is 1. The van der Waals surface area contributed by atoms with Crippen molar-refractivity contribution < 1.29 is 4.74 Å². The molecule has 1 atom stereocenters. The third-order valence-corrected chi connectivity index (χ3v) is 3.18. The summed E-state index contributed by atoms with van der Waals surface area (Å²) < 4.78 is 6.84. The Labute approximate surface area is 93.6 Å². The Hall–Kier alpha value is -0.340. The maximum Gasteiger partial charge on any atom is 0.0615 e. The van der Waals surface area contributed by atoms with Crippen molar-refractivity contribution >= 4 is 15.9 Å². The van der Waals surface area contributed by atoms with Gasteiger partial charge in [-0.15, -0.1) is 0 Å². The van der Waals surface area contributed by atoms with Crippen LogP contribution in [0.1, 0.15) is 24.8 Å². The van der Waals surface area contributed by atoms with E-state index in [1.54, 1.807) is 0 Å². The fraction of sp³-hybridized carbons (Fsp3) is 0.500. The molecular weight excluding hydrogens is 240 g/mol. The monoisotopic (exact) mass is 254 g/mol. The lowest BCUT2D eigenvalue weighted by Crippen LogP contribution is -2.21. The molecule has 1 fully saturated rings. The molecule has 0 radical (unpaired) electrons. The third-order valence-electron chi connectivity index (χ3n) is 2.65. The first-order valence-corrected chi connectivity index (χ1v) is 6.00. The van der Waals surface area contributed by atoms with Gasteiger partial charge in [-0.3, -0.25) is 0 Å². The second-order valence-corrected chi connectivity index (χ2v) is 4.73. The number of ether oxygens (including phenoxy) is 1. The van der Waals surface area contributed by atoms with E-state index in [0.29, 0.717) is 6.10 Å². The number of hydrogen-bond donors (Lipinski definition) is 0. The average molecular weight is 255 g/mol. The van der Waals surface area contributed by atoms with Crippen LogP contribution in [0.15, 0.2) is 28.7 Å². The van der Waals surface area contributed by atoms with Crippen LogP contribution in [0.25, 0.3) is 0 Å². The van der Waals surface area contributed by atoms with E-state index < -0.39 is 0 Å². The van der Waals surface area contributed by atoms with Gasteiger partial charge in [-0.25, -0.2) is 0 Å². The zero-order valence-electron chi connectivity index (χ0n) is 8.21. The van der Waals surface area contributed by atoms with Gasteiger partial charge >= 0.3 is 0 Å². The van der Waals surface area contributed by atoms with E-state index in [2.05, 4.69) is 40.2 Å². The van der Waals surface area contributed by atoms with E-state index >= 15 is 0 Å². The molecule has 1 aliphatic rings. The molecule has 0 amide bonds. The first-order valence-electron chi connectivity index (χ1n) is 5.20. The predicted octanol–water partition coefficient (Wildman–Crippen LogP) is 3.56. The highest BCUT2D eigenvalue weighted by Gasteiger charge is 2.13. The fourth-order valence-corrected chi connectivity index (χ4v) is 2.12. The fourth-order valence-electron chi connectivity index (χ4n) is 1.85. The van der Waals surface area contributed by atoms with Crippen LogP contribution in [0.2, 0.25) is 0 Å². The molecular formula is C12H15BrO. The molecule has 1 aliphatic heterocycles. The maximum absolute atomic E-state index is 5.70. The van der Waals surface area contributed by atoms with Gasteiger partial charge in [0.25, 0.3) is 0 Å². The van der Waals surface area contributed by atoms with Crippen LogP contribution in [0, 0.1) is 0 Å². The first kappa shape index (κ1) is 10.2. The van der Waals surface area contributed by atoms with Crippen LogP contribution in [-0.4, -0.2) is 12.7 Å². The minimum absolute atomic E-state index is 0.449. The minimum Gasteiger partial charge on any atom is -0.378 e. The zero-order chi connectivity index (χ0) is 9.80. The Morgan fingerprint density at radius 1 is 1.21 bits per heavy atom. The van der Waals surface area contributed by atoms with Crippen molar-refractivity contribution in [1.29, 1.82) is 0 Å². The van der Waals surface area contributed by atoms with Crippen molar-refractivity contribution in [3.05, 3.63) is 34.3 Å². The zero-order valence-corrected chi connectivity index (χ0v) is 9.79. The van der Waals surface area contributed by atoms with Crippen LogP contribution in [0.5, 0.6) is 0 Å². The Morgan fingerprint density at radius 2 is 2.00 bits per heavy atom. The van der Waals surface area contributed by atoms with Crippen LogP contribution in [0.4, 0.5) is 0 Å². The third kappa shape index (κ3) is 2.82. The van der Waals surface area contributed by atoms with Crippen molar-refractivity contribution in [2.45, 2.75) is 31.8 Å². The van der Waals surface area contributed by atoms with Gasteiger partial charge in [-0.1, -0.05) is 28.1 Å². The van der Waals surface area contributed by atoms with Crippen LogP contribution in [-0.2, 0) is 11.2 Å². The summed E-state index contributed by atoms with van der Waals surface area (Å²) in [5, 5.41) is 0. The summed E-state index contributed by atoms with van der Waals surface area (Å²) in [4.78, 5) is 0. The van der Waals surface area contributed by atoms with Gasteiger partial charge in [0.2, 0.25) is 0 Å².